The van der Waals surface area contributed by atoms with Crippen molar-refractivity contribution in [1.82, 2.24) is 0 Å². The van der Waals surface area contributed by atoms with E-state index in [0.29, 0.717) is 0 Å². The fourth-order valence-electron chi connectivity index (χ4n) is 0.566. The number of hydrogen-bond acceptors (Lipinski definition) is 2. The third-order valence-corrected chi connectivity index (χ3v) is 5.41. The van der Waals surface area contributed by atoms with E-state index in [1.54, 1.807) is 0 Å². The van der Waals surface area contributed by atoms with Crippen LogP contribution in [0.1, 0.15) is 9.70 Å². The number of carbonyl (C=O) groups is 1. The second-order valence-corrected chi connectivity index (χ2v) is 6.05. The summed E-state index contributed by atoms with van der Waals surface area (Å²) in [7, 11) is 0. The van der Waals surface area contributed by atoms with Crippen molar-refractivity contribution in [3.05, 3.63) is 19.2 Å². The third-order valence-electron chi connectivity index (χ3n) is 1.06. The van der Waals surface area contributed by atoms with Crippen LogP contribution in [0.4, 0.5) is 0 Å². The minimum absolute atomic E-state index is 0.185. The average Bonchev–Trinajstić information content (AvgIpc) is 2.31. The molecule has 0 saturated carbocycles. The first kappa shape index (κ1) is 9.89. The highest BCUT2D eigenvalue weighted by atomic mass is 79.9. The Labute approximate surface area is 93.6 Å². The Hall–Kier alpha value is 0.810. The van der Waals surface area contributed by atoms with Crippen LogP contribution < -0.4 is 0 Å². The molecule has 0 saturated heterocycles. The zero-order chi connectivity index (χ0) is 8.43. The van der Waals surface area contributed by atoms with E-state index < -0.39 is 0 Å². The van der Waals surface area contributed by atoms with Gasteiger partial charge in [0.1, 0.15) is 11.1 Å². The first-order chi connectivity index (χ1) is 5.15. The van der Waals surface area contributed by atoms with Crippen molar-refractivity contribution in [2.45, 2.75) is 4.83 Å². The number of carbonyl (C=O) groups excluding carboxylic acids is 1. The molecule has 1 rings (SSSR count). The van der Waals surface area contributed by atoms with Crippen molar-refractivity contribution >= 4 is 65.4 Å². The van der Waals surface area contributed by atoms with E-state index in [1.165, 1.54) is 11.3 Å². The topological polar surface area (TPSA) is 17.1 Å². The predicted molar refractivity (Wildman–Crippen MR) is 57.5 cm³/mol. The Kier molecular flexibility index (Phi) is 3.74. The van der Waals surface area contributed by atoms with Gasteiger partial charge < -0.3 is 4.79 Å². The summed E-state index contributed by atoms with van der Waals surface area (Å²) in [6.07, 6.45) is 0.866. The van der Waals surface area contributed by atoms with Crippen LogP contribution in [-0.2, 0) is 4.79 Å². The standard InChI is InChI=1S/C6H3Br3OS/c7-3-1-5(4(8)2-10)11-6(3)9/h1-2,4H. The number of hydrogen-bond donors (Lipinski definition) is 0. The highest BCUT2D eigenvalue weighted by molar-refractivity contribution is 9.13. The molecule has 0 amide bonds. The molecule has 0 N–H and O–H groups in total. The monoisotopic (exact) mass is 360 g/mol. The molecule has 0 bridgehead atoms. The van der Waals surface area contributed by atoms with E-state index in [4.69, 9.17) is 0 Å². The second kappa shape index (κ2) is 4.16. The van der Waals surface area contributed by atoms with Gasteiger partial charge in [-0.25, -0.2) is 0 Å². The number of aldehydes is 1. The van der Waals surface area contributed by atoms with E-state index in [1.807, 2.05) is 6.07 Å². The molecule has 1 unspecified atom stereocenters. The lowest BCUT2D eigenvalue weighted by Crippen LogP contribution is -1.83. The summed E-state index contributed by atoms with van der Waals surface area (Å²) in [6, 6.07) is 1.92. The molecule has 1 heterocycles. The van der Waals surface area contributed by atoms with Gasteiger partial charge in [0.15, 0.2) is 0 Å². The second-order valence-electron chi connectivity index (χ2n) is 1.81. The maximum atomic E-state index is 10.4. The van der Waals surface area contributed by atoms with Crippen LogP contribution in [0.5, 0.6) is 0 Å². The molecule has 0 fully saturated rings. The molecule has 1 atom stereocenters. The number of thiophene rings is 1. The fraction of sp³-hybridized carbons (Fsp3) is 0.167. The van der Waals surface area contributed by atoms with Crippen LogP contribution in [0, 0.1) is 0 Å². The maximum absolute atomic E-state index is 10.4. The molecule has 0 aromatic carbocycles. The van der Waals surface area contributed by atoms with Crippen molar-refractivity contribution in [1.29, 1.82) is 0 Å². The lowest BCUT2D eigenvalue weighted by Gasteiger charge is -1.92. The van der Waals surface area contributed by atoms with Gasteiger partial charge in [-0.1, -0.05) is 15.9 Å². The molecule has 0 aliphatic rings. The van der Waals surface area contributed by atoms with Crippen molar-refractivity contribution in [3.8, 4) is 0 Å². The fourth-order valence-corrected chi connectivity index (χ4v) is 3.00. The minimum Gasteiger partial charge on any atom is -0.302 e. The zero-order valence-corrected chi connectivity index (χ0v) is 10.8. The first-order valence-electron chi connectivity index (χ1n) is 2.69. The molecular weight excluding hydrogens is 360 g/mol. The maximum Gasteiger partial charge on any atom is 0.138 e. The molecule has 11 heavy (non-hydrogen) atoms. The molecule has 0 spiro atoms. The Bertz CT molecular complexity index is 251. The zero-order valence-electron chi connectivity index (χ0n) is 5.18. The van der Waals surface area contributed by atoms with E-state index in [-0.39, 0.29) is 4.83 Å². The third kappa shape index (κ3) is 2.37. The predicted octanol–water partition coefficient (Wildman–Crippen LogP) is 3.91. The summed E-state index contributed by atoms with van der Waals surface area (Å²) < 4.78 is 2.00. The number of halogens is 3. The van der Waals surface area contributed by atoms with Gasteiger partial charge in [-0.15, -0.1) is 11.3 Å². The van der Waals surface area contributed by atoms with Gasteiger partial charge in [0.25, 0.3) is 0 Å². The Morgan fingerprint density at radius 1 is 1.55 bits per heavy atom. The smallest absolute Gasteiger partial charge is 0.138 e. The highest BCUT2D eigenvalue weighted by Crippen LogP contribution is 2.37. The SMILES string of the molecule is O=CC(Br)c1cc(Br)c(Br)s1. The first-order valence-corrected chi connectivity index (χ1v) is 6.01. The average molecular weight is 363 g/mol. The summed E-state index contributed by atoms with van der Waals surface area (Å²) in [6.45, 7) is 0. The molecule has 5 heteroatoms. The summed E-state index contributed by atoms with van der Waals surface area (Å²) in [5.41, 5.74) is 0. The molecule has 1 aromatic rings. The number of alkyl halides is 1. The highest BCUT2D eigenvalue weighted by Gasteiger charge is 2.10. The largest absolute Gasteiger partial charge is 0.302 e. The molecule has 1 nitrogen and oxygen atoms in total. The summed E-state index contributed by atoms with van der Waals surface area (Å²) in [5, 5.41) is 0. The van der Waals surface area contributed by atoms with Gasteiger partial charge in [-0.05, 0) is 37.9 Å². The van der Waals surface area contributed by atoms with E-state index in [9.17, 15) is 4.79 Å². The summed E-state index contributed by atoms with van der Waals surface area (Å²) >= 11 is 11.5. The van der Waals surface area contributed by atoms with E-state index in [0.717, 1.165) is 19.4 Å². The summed E-state index contributed by atoms with van der Waals surface area (Å²) in [4.78, 5) is 11.2. The van der Waals surface area contributed by atoms with Crippen LogP contribution in [0.2, 0.25) is 0 Å². The van der Waals surface area contributed by atoms with Gasteiger partial charge in [-0.2, -0.15) is 0 Å². The van der Waals surface area contributed by atoms with E-state index >= 15 is 0 Å². The van der Waals surface area contributed by atoms with Gasteiger partial charge in [-0.3, -0.25) is 0 Å². The number of rotatable bonds is 2. The van der Waals surface area contributed by atoms with Crippen molar-refractivity contribution in [2.75, 3.05) is 0 Å². The molecule has 0 aliphatic heterocycles. The Balaban J connectivity index is 2.96. The van der Waals surface area contributed by atoms with Crippen LogP contribution in [0.15, 0.2) is 14.3 Å². The van der Waals surface area contributed by atoms with Gasteiger partial charge in [0.05, 0.1) is 3.79 Å². The van der Waals surface area contributed by atoms with Crippen LogP contribution in [-0.4, -0.2) is 6.29 Å². The Morgan fingerprint density at radius 3 is 2.55 bits per heavy atom. The molecular formula is C6H3Br3OS. The molecule has 0 radical (unpaired) electrons. The van der Waals surface area contributed by atoms with Crippen molar-refractivity contribution in [2.24, 2.45) is 0 Å². The quantitative estimate of drug-likeness (QED) is 0.576. The van der Waals surface area contributed by atoms with Crippen molar-refractivity contribution in [3.63, 3.8) is 0 Å². The van der Waals surface area contributed by atoms with Crippen LogP contribution in [0.25, 0.3) is 0 Å². The van der Waals surface area contributed by atoms with E-state index in [2.05, 4.69) is 47.8 Å². The molecule has 0 aliphatic carbocycles. The normalized spacial score (nSPS) is 13.0. The van der Waals surface area contributed by atoms with Crippen LogP contribution >= 0.6 is 59.1 Å². The minimum atomic E-state index is -0.185. The molecule has 60 valence electrons. The van der Waals surface area contributed by atoms with Gasteiger partial charge in [0, 0.05) is 9.35 Å². The van der Waals surface area contributed by atoms with Gasteiger partial charge >= 0.3 is 0 Å². The lowest BCUT2D eigenvalue weighted by molar-refractivity contribution is -0.107. The Morgan fingerprint density at radius 2 is 2.18 bits per heavy atom. The lowest BCUT2D eigenvalue weighted by atomic mass is 10.4. The van der Waals surface area contributed by atoms with Gasteiger partial charge in [0.2, 0.25) is 0 Å². The molecule has 1 aromatic heterocycles. The van der Waals surface area contributed by atoms with Crippen LogP contribution in [0.3, 0.4) is 0 Å². The van der Waals surface area contributed by atoms with Crippen molar-refractivity contribution < 1.29 is 4.79 Å². The summed E-state index contributed by atoms with van der Waals surface area (Å²) in [5.74, 6) is 0.